The molecule has 102 valence electrons. The van der Waals surface area contributed by atoms with E-state index in [2.05, 4.69) is 4.98 Å². The van der Waals surface area contributed by atoms with E-state index >= 15 is 0 Å². The van der Waals surface area contributed by atoms with Crippen LogP contribution in [0.1, 0.15) is 21.8 Å². The summed E-state index contributed by atoms with van der Waals surface area (Å²) in [5.74, 6) is -2.31. The molecule has 0 atom stereocenters. The van der Waals surface area contributed by atoms with Crippen LogP contribution in [0.15, 0.2) is 40.0 Å². The molecule has 0 aliphatic heterocycles. The molecule has 0 aromatic carbocycles. The molecule has 0 aliphatic carbocycles. The number of hydrogen-bond donors (Lipinski definition) is 1. The lowest BCUT2D eigenvalue weighted by molar-refractivity contribution is 0.0656. The van der Waals surface area contributed by atoms with Crippen LogP contribution in [-0.4, -0.2) is 24.5 Å². The van der Waals surface area contributed by atoms with Gasteiger partial charge in [0.2, 0.25) is 20.7 Å². The maximum absolute atomic E-state index is 12.1. The molecule has 0 amide bonds. The van der Waals surface area contributed by atoms with Crippen LogP contribution >= 0.6 is 0 Å². The summed E-state index contributed by atoms with van der Waals surface area (Å²) in [6.07, 6.45) is 1.38. The second-order valence-electron chi connectivity index (χ2n) is 3.81. The number of carboxylic acids is 1. The minimum atomic E-state index is -3.88. The Kier molecular flexibility index (Phi) is 3.54. The number of aromatic nitrogens is 1. The van der Waals surface area contributed by atoms with Gasteiger partial charge >= 0.3 is 5.97 Å². The van der Waals surface area contributed by atoms with Crippen LogP contribution in [-0.2, 0) is 15.6 Å². The summed E-state index contributed by atoms with van der Waals surface area (Å²) < 4.78 is 28.9. The second kappa shape index (κ2) is 5.14. The molecule has 0 radical (unpaired) electrons. The van der Waals surface area contributed by atoms with E-state index in [4.69, 9.17) is 14.8 Å². The Morgan fingerprint density at radius 2 is 2.15 bits per heavy atom. The first kappa shape index (κ1) is 13.8. The van der Waals surface area contributed by atoms with Crippen molar-refractivity contribution in [1.29, 1.82) is 5.26 Å². The van der Waals surface area contributed by atoms with Gasteiger partial charge in [0.1, 0.15) is 11.8 Å². The van der Waals surface area contributed by atoms with E-state index in [0.717, 1.165) is 12.1 Å². The molecule has 2 aromatic heterocycles. The predicted molar refractivity (Wildman–Crippen MR) is 65.5 cm³/mol. The van der Waals surface area contributed by atoms with Crippen molar-refractivity contribution < 1.29 is 22.7 Å². The highest BCUT2D eigenvalue weighted by Crippen LogP contribution is 2.20. The number of pyridine rings is 1. The molecule has 7 nitrogen and oxygen atoms in total. The van der Waals surface area contributed by atoms with E-state index in [1.165, 1.54) is 18.3 Å². The Morgan fingerprint density at radius 1 is 1.40 bits per heavy atom. The minimum absolute atomic E-state index is 0.00101. The molecule has 0 aliphatic rings. The zero-order valence-electron chi connectivity index (χ0n) is 9.98. The van der Waals surface area contributed by atoms with Crippen LogP contribution in [0.2, 0.25) is 0 Å². The lowest BCUT2D eigenvalue weighted by Crippen LogP contribution is -2.06. The normalized spacial score (nSPS) is 10.9. The molecule has 2 rings (SSSR count). The average Bonchev–Trinajstić information content (AvgIpc) is 2.89. The lowest BCUT2D eigenvalue weighted by Gasteiger charge is -2.02. The van der Waals surface area contributed by atoms with Crippen LogP contribution in [0.3, 0.4) is 0 Å². The number of nitrogens with zero attached hydrogens (tertiary/aromatic N) is 2. The molecule has 0 unspecified atom stereocenters. The number of nitriles is 1. The minimum Gasteiger partial charge on any atom is -0.475 e. The van der Waals surface area contributed by atoms with E-state index in [-0.39, 0.29) is 11.3 Å². The second-order valence-corrected chi connectivity index (χ2v) is 5.73. The van der Waals surface area contributed by atoms with Gasteiger partial charge < -0.3 is 9.52 Å². The van der Waals surface area contributed by atoms with Crippen molar-refractivity contribution in [3.8, 4) is 6.07 Å². The van der Waals surface area contributed by atoms with Crippen LogP contribution in [0.5, 0.6) is 0 Å². The summed E-state index contributed by atoms with van der Waals surface area (Å²) in [6, 6.07) is 6.90. The Labute approximate surface area is 114 Å². The van der Waals surface area contributed by atoms with Gasteiger partial charge in [-0.2, -0.15) is 5.26 Å². The average molecular weight is 292 g/mol. The van der Waals surface area contributed by atoms with Crippen molar-refractivity contribution in [3.63, 3.8) is 0 Å². The van der Waals surface area contributed by atoms with Gasteiger partial charge in [-0.15, -0.1) is 0 Å². The van der Waals surface area contributed by atoms with Crippen LogP contribution in [0, 0.1) is 11.3 Å². The summed E-state index contributed by atoms with van der Waals surface area (Å²) in [4.78, 5) is 14.4. The monoisotopic (exact) mass is 292 g/mol. The summed E-state index contributed by atoms with van der Waals surface area (Å²) >= 11 is 0. The van der Waals surface area contributed by atoms with Gasteiger partial charge in [0.25, 0.3) is 0 Å². The molecule has 2 heterocycles. The molecule has 0 fully saturated rings. The lowest BCUT2D eigenvalue weighted by atomic mass is 10.2. The first-order valence-corrected chi connectivity index (χ1v) is 6.99. The summed E-state index contributed by atoms with van der Waals surface area (Å²) in [5.41, 5.74) is 0.226. The first-order valence-electron chi connectivity index (χ1n) is 5.34. The predicted octanol–water partition coefficient (Wildman–Crippen LogP) is 1.22. The molecular formula is C12H8N2O5S. The molecule has 0 bridgehead atoms. The number of hydrogen-bond acceptors (Lipinski definition) is 6. The molecule has 0 spiro atoms. The highest BCUT2D eigenvalue weighted by molar-refractivity contribution is 7.90. The van der Waals surface area contributed by atoms with Gasteiger partial charge in [-0.1, -0.05) is 6.07 Å². The van der Waals surface area contributed by atoms with Crippen molar-refractivity contribution >= 4 is 15.8 Å². The third kappa shape index (κ3) is 2.67. The van der Waals surface area contributed by atoms with Crippen LogP contribution < -0.4 is 0 Å². The SMILES string of the molecule is N#Cc1ncccc1CS(=O)(=O)c1ccc(C(=O)O)o1. The summed E-state index contributed by atoms with van der Waals surface area (Å²) in [5, 5.41) is 17.1. The molecule has 8 heteroatoms. The Balaban J connectivity index is 2.36. The number of carbonyl (C=O) groups is 1. The zero-order valence-corrected chi connectivity index (χ0v) is 10.8. The maximum Gasteiger partial charge on any atom is 0.371 e. The molecule has 2 aromatic rings. The molecular weight excluding hydrogens is 284 g/mol. The van der Waals surface area contributed by atoms with Crippen molar-refractivity contribution in [2.45, 2.75) is 10.8 Å². The van der Waals surface area contributed by atoms with E-state index in [1.54, 1.807) is 6.07 Å². The van der Waals surface area contributed by atoms with Gasteiger partial charge in [0.15, 0.2) is 0 Å². The third-order valence-electron chi connectivity index (χ3n) is 2.44. The quantitative estimate of drug-likeness (QED) is 0.898. The zero-order chi connectivity index (χ0) is 14.8. The number of carboxylic acid groups (broad SMARTS) is 1. The molecule has 20 heavy (non-hydrogen) atoms. The van der Waals surface area contributed by atoms with Crippen molar-refractivity contribution in [1.82, 2.24) is 4.98 Å². The molecule has 0 saturated carbocycles. The summed E-state index contributed by atoms with van der Waals surface area (Å²) in [6.45, 7) is 0. The molecule has 1 N–H and O–H groups in total. The number of aromatic carboxylic acids is 1. The third-order valence-corrected chi connectivity index (χ3v) is 3.96. The largest absolute Gasteiger partial charge is 0.475 e. The standard InChI is InChI=1S/C12H8N2O5S/c13-6-9-8(2-1-5-14-9)7-20(17,18)11-4-3-10(19-11)12(15)16/h1-5H,7H2,(H,15,16). The van der Waals surface area contributed by atoms with E-state index in [1.807, 2.05) is 0 Å². The van der Waals surface area contributed by atoms with Crippen molar-refractivity contribution in [3.05, 3.63) is 47.5 Å². The maximum atomic E-state index is 12.1. The van der Waals surface area contributed by atoms with E-state index in [0.29, 0.717) is 0 Å². The Bertz CT molecular complexity index is 801. The van der Waals surface area contributed by atoms with Crippen LogP contribution in [0.25, 0.3) is 0 Å². The summed E-state index contributed by atoms with van der Waals surface area (Å²) in [7, 11) is -3.88. The fourth-order valence-corrected chi connectivity index (χ4v) is 2.81. The number of furan rings is 1. The Morgan fingerprint density at radius 3 is 2.75 bits per heavy atom. The fourth-order valence-electron chi connectivity index (χ4n) is 1.53. The number of sulfone groups is 1. The van der Waals surface area contributed by atoms with Gasteiger partial charge in [-0.25, -0.2) is 18.2 Å². The number of rotatable bonds is 4. The van der Waals surface area contributed by atoms with Gasteiger partial charge in [0.05, 0.1) is 5.75 Å². The highest BCUT2D eigenvalue weighted by Gasteiger charge is 2.23. The smallest absolute Gasteiger partial charge is 0.371 e. The molecule has 0 saturated heterocycles. The fraction of sp³-hybridized carbons (Fsp3) is 0.0833. The first-order chi connectivity index (χ1) is 9.44. The van der Waals surface area contributed by atoms with Gasteiger partial charge in [-0.3, -0.25) is 0 Å². The van der Waals surface area contributed by atoms with Crippen molar-refractivity contribution in [2.75, 3.05) is 0 Å². The van der Waals surface area contributed by atoms with Gasteiger partial charge in [0, 0.05) is 11.8 Å². The van der Waals surface area contributed by atoms with Crippen LogP contribution in [0.4, 0.5) is 0 Å². The Hall–Kier alpha value is -2.66. The van der Waals surface area contributed by atoms with Gasteiger partial charge in [-0.05, 0) is 18.2 Å². The topological polar surface area (TPSA) is 121 Å². The van der Waals surface area contributed by atoms with E-state index < -0.39 is 32.4 Å². The van der Waals surface area contributed by atoms with Crippen molar-refractivity contribution in [2.24, 2.45) is 0 Å². The van der Waals surface area contributed by atoms with E-state index in [9.17, 15) is 13.2 Å². The highest BCUT2D eigenvalue weighted by atomic mass is 32.2.